The highest BCUT2D eigenvalue weighted by Crippen LogP contribution is 2.34. The van der Waals surface area contributed by atoms with E-state index >= 15 is 0 Å². The molecule has 2 fully saturated rings. The largest absolute Gasteiger partial charge is 0.370 e. The Morgan fingerprint density at radius 2 is 1.83 bits per heavy atom. The van der Waals surface area contributed by atoms with Crippen LogP contribution in [0.1, 0.15) is 5.56 Å². The summed E-state index contributed by atoms with van der Waals surface area (Å²) in [6, 6.07) is 17.8. The number of hydrogen-bond acceptors (Lipinski definition) is 4. The number of aliphatic imine (C=N–C) groups is 1. The van der Waals surface area contributed by atoms with Crippen LogP contribution in [0.25, 0.3) is 6.08 Å². The summed E-state index contributed by atoms with van der Waals surface area (Å²) in [5.41, 5.74) is 1.86. The Bertz CT molecular complexity index is 909. The molecule has 0 bridgehead atoms. The average Bonchev–Trinajstić information content (AvgIpc) is 3.04. The highest BCUT2D eigenvalue weighted by molar-refractivity contribution is 9.10. The number of nitrogens with one attached hydrogen (secondary N) is 1. The summed E-state index contributed by atoms with van der Waals surface area (Å²) in [6.07, 6.45) is 1.95. The minimum absolute atomic E-state index is 0.0280. The first kappa shape index (κ1) is 20.3. The minimum Gasteiger partial charge on any atom is -0.370 e. The topological polar surface area (TPSA) is 46.3 Å². The van der Waals surface area contributed by atoms with Crippen LogP contribution in [0.2, 0.25) is 0 Å². The number of halogens is 1. The molecule has 1 amide bonds. The van der Waals surface area contributed by atoms with E-state index in [0.29, 0.717) is 11.4 Å². The van der Waals surface area contributed by atoms with Gasteiger partial charge in [0.15, 0.2) is 5.17 Å². The predicted molar refractivity (Wildman–Crippen MR) is 121 cm³/mol. The van der Waals surface area contributed by atoms with Crippen LogP contribution < -0.4 is 4.90 Å². The fourth-order valence-corrected chi connectivity index (χ4v) is 4.58. The fraction of sp³-hybridized carbons (Fsp3) is 0.273. The van der Waals surface area contributed by atoms with E-state index in [2.05, 4.69) is 15.9 Å². The van der Waals surface area contributed by atoms with Crippen molar-refractivity contribution in [2.45, 2.75) is 0 Å². The van der Waals surface area contributed by atoms with Gasteiger partial charge in [-0.05, 0) is 47.7 Å². The van der Waals surface area contributed by atoms with Gasteiger partial charge < -0.3 is 9.64 Å². The zero-order valence-corrected chi connectivity index (χ0v) is 18.4. The molecule has 5 nitrogen and oxygen atoms in total. The molecule has 0 aliphatic carbocycles. The molecule has 0 aromatic heterocycles. The number of carbonyl (C=O) groups excluding carboxylic acids is 1. The molecule has 4 rings (SSSR count). The van der Waals surface area contributed by atoms with Crippen molar-refractivity contribution in [1.82, 2.24) is 4.90 Å². The van der Waals surface area contributed by atoms with E-state index in [-0.39, 0.29) is 5.91 Å². The molecule has 1 N–H and O–H groups in total. The number of thioether (sulfide) groups is 1. The Morgan fingerprint density at radius 1 is 1.10 bits per heavy atom. The first-order valence-corrected chi connectivity index (χ1v) is 11.3. The molecular formula is C22H23BrN3O2S+. The summed E-state index contributed by atoms with van der Waals surface area (Å²) in [5.74, 6) is 0.0280. The molecule has 2 aromatic rings. The number of amidine groups is 1. The highest BCUT2D eigenvalue weighted by atomic mass is 79.9. The molecular weight excluding hydrogens is 450 g/mol. The minimum atomic E-state index is 0.0280. The lowest BCUT2D eigenvalue weighted by Crippen LogP contribution is -3.14. The van der Waals surface area contributed by atoms with Gasteiger partial charge in [0.25, 0.3) is 5.91 Å². The molecule has 0 unspecified atom stereocenters. The molecule has 150 valence electrons. The van der Waals surface area contributed by atoms with Gasteiger partial charge in [0.05, 0.1) is 36.9 Å². The van der Waals surface area contributed by atoms with Crippen LogP contribution >= 0.6 is 27.7 Å². The zero-order chi connectivity index (χ0) is 20.1. The summed E-state index contributed by atoms with van der Waals surface area (Å²) in [5, 5.41) is 0.747. The molecule has 0 saturated carbocycles. The molecule has 0 radical (unpaired) electrons. The van der Waals surface area contributed by atoms with Crippen LogP contribution in [0.3, 0.4) is 0 Å². The molecule has 2 heterocycles. The van der Waals surface area contributed by atoms with Gasteiger partial charge in [-0.25, -0.2) is 4.99 Å². The maximum atomic E-state index is 13.2. The SMILES string of the molecule is O=C1/C(=C/c2ccc(Br)cc2)SC(=Nc2ccccc2)N1CC[NH+]1CCOCC1. The third kappa shape index (κ3) is 5.36. The van der Waals surface area contributed by atoms with Gasteiger partial charge in [-0.1, -0.05) is 46.3 Å². The van der Waals surface area contributed by atoms with E-state index in [4.69, 9.17) is 9.73 Å². The maximum absolute atomic E-state index is 13.2. The van der Waals surface area contributed by atoms with Gasteiger partial charge in [0.1, 0.15) is 13.1 Å². The van der Waals surface area contributed by atoms with Crippen molar-refractivity contribution in [1.29, 1.82) is 0 Å². The first-order chi connectivity index (χ1) is 14.2. The number of rotatable bonds is 5. The highest BCUT2D eigenvalue weighted by Gasteiger charge is 2.34. The van der Waals surface area contributed by atoms with Gasteiger partial charge in [0.2, 0.25) is 0 Å². The lowest BCUT2D eigenvalue weighted by molar-refractivity contribution is -0.907. The molecule has 2 saturated heterocycles. The monoisotopic (exact) mass is 472 g/mol. The van der Waals surface area contributed by atoms with E-state index in [1.807, 2.05) is 65.6 Å². The summed E-state index contributed by atoms with van der Waals surface area (Å²) >= 11 is 4.90. The third-order valence-corrected chi connectivity index (χ3v) is 6.46. The molecule has 0 spiro atoms. The van der Waals surface area contributed by atoms with E-state index in [9.17, 15) is 4.79 Å². The number of benzene rings is 2. The van der Waals surface area contributed by atoms with E-state index in [0.717, 1.165) is 53.7 Å². The maximum Gasteiger partial charge on any atom is 0.266 e. The second-order valence-corrected chi connectivity index (χ2v) is 8.89. The predicted octanol–water partition coefficient (Wildman–Crippen LogP) is 2.97. The molecule has 2 aromatic carbocycles. The van der Waals surface area contributed by atoms with Gasteiger partial charge in [-0.3, -0.25) is 9.69 Å². The first-order valence-electron chi connectivity index (χ1n) is 9.71. The number of para-hydroxylation sites is 1. The van der Waals surface area contributed by atoms with Crippen molar-refractivity contribution in [3.8, 4) is 0 Å². The molecule has 7 heteroatoms. The lowest BCUT2D eigenvalue weighted by atomic mass is 10.2. The lowest BCUT2D eigenvalue weighted by Gasteiger charge is -2.25. The Morgan fingerprint density at radius 3 is 2.55 bits per heavy atom. The van der Waals surface area contributed by atoms with Crippen LogP contribution in [-0.2, 0) is 9.53 Å². The molecule has 29 heavy (non-hydrogen) atoms. The Balaban J connectivity index is 1.57. The zero-order valence-electron chi connectivity index (χ0n) is 16.0. The third-order valence-electron chi connectivity index (χ3n) is 4.93. The fourth-order valence-electron chi connectivity index (χ4n) is 3.29. The molecule has 2 aliphatic heterocycles. The average molecular weight is 473 g/mol. The summed E-state index contributed by atoms with van der Waals surface area (Å²) < 4.78 is 6.46. The van der Waals surface area contributed by atoms with Crippen LogP contribution in [0.15, 0.2) is 69.0 Å². The van der Waals surface area contributed by atoms with E-state index < -0.39 is 0 Å². The van der Waals surface area contributed by atoms with Gasteiger partial charge >= 0.3 is 0 Å². The Hall–Kier alpha value is -1.93. The normalized spacial score (nSPS) is 20.7. The summed E-state index contributed by atoms with van der Waals surface area (Å²) in [6.45, 7) is 5.11. The van der Waals surface area contributed by atoms with Crippen molar-refractivity contribution in [2.24, 2.45) is 4.99 Å². The summed E-state index contributed by atoms with van der Waals surface area (Å²) in [7, 11) is 0. The smallest absolute Gasteiger partial charge is 0.266 e. The molecule has 2 aliphatic rings. The number of carbonyl (C=O) groups is 1. The number of ether oxygens (including phenoxy) is 1. The summed E-state index contributed by atoms with van der Waals surface area (Å²) in [4.78, 5) is 21.9. The number of nitrogens with zero attached hydrogens (tertiary/aromatic N) is 2. The van der Waals surface area contributed by atoms with Gasteiger partial charge in [-0.15, -0.1) is 0 Å². The number of hydrogen-bond donors (Lipinski definition) is 1. The van der Waals surface area contributed by atoms with Gasteiger partial charge in [0, 0.05) is 4.47 Å². The second-order valence-electron chi connectivity index (χ2n) is 6.96. The number of morpholine rings is 1. The molecule has 0 atom stereocenters. The number of amides is 1. The standard InChI is InChI=1S/C22H22BrN3O2S/c23-18-8-6-17(7-9-18)16-20-21(27)26(11-10-25-12-14-28-15-13-25)22(29-20)24-19-4-2-1-3-5-19/h1-9,16H,10-15H2/p+1/b20-16-,24-22?. The Labute approximate surface area is 183 Å². The second kappa shape index (κ2) is 9.71. The van der Waals surface area contributed by atoms with Crippen molar-refractivity contribution in [3.63, 3.8) is 0 Å². The van der Waals surface area contributed by atoms with Crippen molar-refractivity contribution >= 4 is 50.5 Å². The van der Waals surface area contributed by atoms with Crippen molar-refractivity contribution in [3.05, 3.63) is 69.5 Å². The Kier molecular flexibility index (Phi) is 6.82. The number of quaternary nitrogens is 1. The van der Waals surface area contributed by atoms with Crippen molar-refractivity contribution in [2.75, 3.05) is 39.4 Å². The van der Waals surface area contributed by atoms with Crippen LogP contribution in [0.5, 0.6) is 0 Å². The van der Waals surface area contributed by atoms with E-state index in [1.165, 1.54) is 16.7 Å². The van der Waals surface area contributed by atoms with Crippen LogP contribution in [-0.4, -0.2) is 55.4 Å². The quantitative estimate of drug-likeness (QED) is 0.680. The van der Waals surface area contributed by atoms with Gasteiger partial charge in [-0.2, -0.15) is 0 Å². The van der Waals surface area contributed by atoms with Crippen LogP contribution in [0.4, 0.5) is 5.69 Å². The van der Waals surface area contributed by atoms with Crippen LogP contribution in [0, 0.1) is 0 Å². The van der Waals surface area contributed by atoms with Crippen molar-refractivity contribution < 1.29 is 14.4 Å². The van der Waals surface area contributed by atoms with E-state index in [1.54, 1.807) is 0 Å².